The third kappa shape index (κ3) is 1.88. The molecule has 4 heteroatoms. The lowest BCUT2D eigenvalue weighted by molar-refractivity contribution is 0.598. The van der Waals surface area contributed by atoms with Crippen LogP contribution in [0.1, 0.15) is 0 Å². The Labute approximate surface area is 82.6 Å². The Morgan fingerprint density at radius 1 is 0.929 bits per heavy atom. The molecule has 14 heavy (non-hydrogen) atoms. The van der Waals surface area contributed by atoms with E-state index >= 15 is 0 Å². The van der Waals surface area contributed by atoms with E-state index < -0.39 is 7.80 Å². The Balaban J connectivity index is 2.35. The predicted octanol–water partition coefficient (Wildman–Crippen LogP) is 0.987. The largest absolute Gasteiger partial charge is 0.317 e. The fraction of sp³-hybridized carbons (Fsp3) is 0. The summed E-state index contributed by atoms with van der Waals surface area (Å²) in [5.41, 5.74) is 0. The van der Waals surface area contributed by atoms with Crippen molar-refractivity contribution in [2.45, 2.75) is 0 Å². The zero-order valence-electron chi connectivity index (χ0n) is 7.42. The lowest BCUT2D eigenvalue weighted by Crippen LogP contribution is -2.06. The van der Waals surface area contributed by atoms with Crippen LogP contribution in [0.4, 0.5) is 0 Å². The van der Waals surface area contributed by atoms with Crippen LogP contribution in [0, 0.1) is 0 Å². The van der Waals surface area contributed by atoms with Crippen LogP contribution >= 0.6 is 7.80 Å². The van der Waals surface area contributed by atoms with Gasteiger partial charge in [0.05, 0.1) is 0 Å². The van der Waals surface area contributed by atoms with Crippen LogP contribution in [-0.2, 0) is 4.57 Å². The van der Waals surface area contributed by atoms with E-state index in [1.165, 1.54) is 0 Å². The van der Waals surface area contributed by atoms with Crippen molar-refractivity contribution in [3.63, 3.8) is 0 Å². The molecule has 0 radical (unpaired) electrons. The van der Waals surface area contributed by atoms with Gasteiger partial charge in [0.2, 0.25) is 0 Å². The van der Waals surface area contributed by atoms with Crippen LogP contribution in [0.5, 0.6) is 0 Å². The van der Waals surface area contributed by atoms with E-state index in [4.69, 9.17) is 0 Å². The van der Waals surface area contributed by atoms with Crippen molar-refractivity contribution in [2.24, 2.45) is 0 Å². The molecule has 3 nitrogen and oxygen atoms in total. The summed E-state index contributed by atoms with van der Waals surface area (Å²) in [5, 5.41) is 1.54. The molecule has 0 fully saturated rings. The first-order chi connectivity index (χ1) is 6.88. The first kappa shape index (κ1) is 9.10. The van der Waals surface area contributed by atoms with Crippen LogP contribution in [0.2, 0.25) is 0 Å². The van der Waals surface area contributed by atoms with Crippen LogP contribution in [-0.4, -0.2) is 9.97 Å². The normalized spacial score (nSPS) is 10.4. The third-order valence-corrected chi connectivity index (χ3v) is 3.49. The number of pyridine rings is 2. The zero-order chi connectivity index (χ0) is 9.80. The van der Waals surface area contributed by atoms with Crippen molar-refractivity contribution in [1.82, 2.24) is 9.97 Å². The van der Waals surface area contributed by atoms with Gasteiger partial charge in [0.25, 0.3) is 0 Å². The predicted molar refractivity (Wildman–Crippen MR) is 56.7 cm³/mol. The summed E-state index contributed by atoms with van der Waals surface area (Å²) in [5.74, 6) is 0. The highest BCUT2D eigenvalue weighted by molar-refractivity contribution is 7.61. The molecule has 0 aliphatic rings. The minimum absolute atomic E-state index is 0.769. The van der Waals surface area contributed by atoms with Gasteiger partial charge in [0.15, 0.2) is 0 Å². The molecule has 0 aromatic carbocycles. The minimum Gasteiger partial charge on any atom is -0.317 e. The topological polar surface area (TPSA) is 42.9 Å². The molecule has 0 N–H and O–H groups in total. The Morgan fingerprint density at radius 3 is 1.79 bits per heavy atom. The second kappa shape index (κ2) is 4.16. The number of rotatable bonds is 2. The van der Waals surface area contributed by atoms with Gasteiger partial charge in [-0.15, -0.1) is 0 Å². The van der Waals surface area contributed by atoms with Gasteiger partial charge in [-0.05, 0) is 24.3 Å². The smallest absolute Gasteiger partial charge is 0.134 e. The van der Waals surface area contributed by atoms with Crippen molar-refractivity contribution in [3.05, 3.63) is 49.1 Å². The summed E-state index contributed by atoms with van der Waals surface area (Å²) in [6.45, 7) is 0. The second-order valence-electron chi connectivity index (χ2n) is 2.81. The highest BCUT2D eigenvalue weighted by atomic mass is 31.1. The summed E-state index contributed by atoms with van der Waals surface area (Å²) in [7, 11) is -1.92. The van der Waals surface area contributed by atoms with E-state index in [0.29, 0.717) is 0 Å². The molecule has 0 aliphatic carbocycles. The molecule has 70 valence electrons. The summed E-state index contributed by atoms with van der Waals surface area (Å²) in [4.78, 5) is 7.87. The van der Waals surface area contributed by atoms with Gasteiger partial charge in [-0.1, -0.05) is 0 Å². The monoisotopic (exact) mass is 204 g/mol. The first-order valence-electron chi connectivity index (χ1n) is 4.22. The van der Waals surface area contributed by atoms with E-state index in [-0.39, 0.29) is 0 Å². The van der Waals surface area contributed by atoms with Crippen LogP contribution in [0.15, 0.2) is 49.1 Å². The van der Waals surface area contributed by atoms with Crippen LogP contribution in [0.25, 0.3) is 0 Å². The molecule has 2 rings (SSSR count). The fourth-order valence-corrected chi connectivity index (χ4v) is 2.37. The van der Waals surface area contributed by atoms with E-state index in [1.54, 1.807) is 36.9 Å². The maximum Gasteiger partial charge on any atom is 0.134 e. The van der Waals surface area contributed by atoms with Crippen molar-refractivity contribution in [1.29, 1.82) is 0 Å². The summed E-state index contributed by atoms with van der Waals surface area (Å²) < 4.78 is 12.0. The van der Waals surface area contributed by atoms with E-state index in [1.807, 2.05) is 12.1 Å². The van der Waals surface area contributed by atoms with Crippen molar-refractivity contribution in [2.75, 3.05) is 0 Å². The molecule has 2 heterocycles. The van der Waals surface area contributed by atoms with E-state index in [0.717, 1.165) is 10.6 Å². The molecule has 0 bridgehead atoms. The molecule has 0 amide bonds. The molecule has 0 saturated carbocycles. The van der Waals surface area contributed by atoms with Gasteiger partial charge in [0, 0.05) is 35.4 Å². The van der Waals surface area contributed by atoms with E-state index in [2.05, 4.69) is 9.97 Å². The number of hydrogen-bond acceptors (Lipinski definition) is 3. The van der Waals surface area contributed by atoms with Gasteiger partial charge in [-0.2, -0.15) is 0 Å². The molecule has 0 spiro atoms. The SMILES string of the molecule is O=[PH](c1cccnc1)c1cccnc1. The minimum atomic E-state index is -1.92. The van der Waals surface area contributed by atoms with Gasteiger partial charge in [-0.3, -0.25) is 9.97 Å². The van der Waals surface area contributed by atoms with Gasteiger partial charge < -0.3 is 4.57 Å². The van der Waals surface area contributed by atoms with Crippen molar-refractivity contribution < 1.29 is 4.57 Å². The highest BCUT2D eigenvalue weighted by Crippen LogP contribution is 2.17. The lowest BCUT2D eigenvalue weighted by Gasteiger charge is -1.99. The Bertz CT molecular complexity index is 389. The Morgan fingerprint density at radius 2 is 1.43 bits per heavy atom. The van der Waals surface area contributed by atoms with Gasteiger partial charge >= 0.3 is 0 Å². The van der Waals surface area contributed by atoms with Crippen LogP contribution < -0.4 is 10.6 Å². The highest BCUT2D eigenvalue weighted by Gasteiger charge is 2.05. The lowest BCUT2D eigenvalue weighted by atomic mass is 10.5. The summed E-state index contributed by atoms with van der Waals surface area (Å²) in [6, 6.07) is 7.21. The molecule has 0 aliphatic heterocycles. The average molecular weight is 204 g/mol. The quantitative estimate of drug-likeness (QED) is 0.685. The van der Waals surface area contributed by atoms with Crippen molar-refractivity contribution in [3.8, 4) is 0 Å². The molecule has 0 atom stereocenters. The average Bonchev–Trinajstić information content (AvgIpc) is 2.30. The summed E-state index contributed by atoms with van der Waals surface area (Å²) in [6.07, 6.45) is 6.60. The second-order valence-corrected chi connectivity index (χ2v) is 4.63. The van der Waals surface area contributed by atoms with Gasteiger partial charge in [-0.25, -0.2) is 0 Å². The molecule has 0 unspecified atom stereocenters. The molecule has 2 aromatic rings. The maximum atomic E-state index is 12.0. The molecular weight excluding hydrogens is 195 g/mol. The Kier molecular flexibility index (Phi) is 2.70. The number of nitrogens with zero attached hydrogens (tertiary/aromatic N) is 2. The summed E-state index contributed by atoms with van der Waals surface area (Å²) >= 11 is 0. The van der Waals surface area contributed by atoms with Crippen LogP contribution in [0.3, 0.4) is 0 Å². The fourth-order valence-electron chi connectivity index (χ4n) is 1.16. The first-order valence-corrected chi connectivity index (χ1v) is 5.63. The molecule has 0 saturated heterocycles. The zero-order valence-corrected chi connectivity index (χ0v) is 8.42. The molecule has 2 aromatic heterocycles. The van der Waals surface area contributed by atoms with Gasteiger partial charge in [0.1, 0.15) is 7.80 Å². The molecular formula is C10H9N2OP. The number of hydrogen-bond donors (Lipinski definition) is 0. The van der Waals surface area contributed by atoms with E-state index in [9.17, 15) is 4.57 Å². The van der Waals surface area contributed by atoms with Crippen molar-refractivity contribution >= 4 is 18.4 Å². The Hall–Kier alpha value is -1.47. The number of aromatic nitrogens is 2. The third-order valence-electron chi connectivity index (χ3n) is 1.85. The maximum absolute atomic E-state index is 12.0. The standard InChI is InChI=1S/C10H9N2OP/c13-14(9-3-1-5-11-7-9)10-4-2-6-12-8-10/h1-8,14H.